The molecule has 1 amide bonds. The Hall–Kier alpha value is -2.35. The second-order valence-electron chi connectivity index (χ2n) is 7.06. The third kappa shape index (κ3) is 4.68. The molecule has 144 valence electrons. The Labute approximate surface area is 161 Å². The van der Waals surface area contributed by atoms with Crippen LogP contribution in [-0.2, 0) is 16.1 Å². The molecule has 0 unspecified atom stereocenters. The van der Waals surface area contributed by atoms with Crippen molar-refractivity contribution in [3.05, 3.63) is 34.1 Å². The molecule has 0 saturated heterocycles. The standard InChI is InChI=1S/C19H23N3O4S/c1-11(2)9-22-17(24)14-7-4-12(18(25)26-3)8-15(14)21-19(22)27-10-16(23)20-13-5-6-13/h4,7-8,11,13H,5-6,9-10H2,1-3H3,(H,20,23). The number of hydrogen-bond acceptors (Lipinski definition) is 6. The van der Waals surface area contributed by atoms with Gasteiger partial charge in [0.25, 0.3) is 5.56 Å². The van der Waals surface area contributed by atoms with Gasteiger partial charge in [-0.2, -0.15) is 0 Å². The van der Waals surface area contributed by atoms with Crippen molar-refractivity contribution in [2.75, 3.05) is 12.9 Å². The van der Waals surface area contributed by atoms with E-state index in [1.807, 2.05) is 13.8 Å². The van der Waals surface area contributed by atoms with Gasteiger partial charge in [-0.15, -0.1) is 0 Å². The van der Waals surface area contributed by atoms with Crippen molar-refractivity contribution in [2.24, 2.45) is 5.92 Å². The van der Waals surface area contributed by atoms with Gasteiger partial charge in [0.05, 0.1) is 29.3 Å². The SMILES string of the molecule is COC(=O)c1ccc2c(=O)n(CC(C)C)c(SCC(=O)NC3CC3)nc2c1. The van der Waals surface area contributed by atoms with Crippen molar-refractivity contribution in [3.63, 3.8) is 0 Å². The number of carbonyl (C=O) groups is 2. The molecule has 0 radical (unpaired) electrons. The summed E-state index contributed by atoms with van der Waals surface area (Å²) >= 11 is 1.24. The molecule has 0 bridgehead atoms. The molecule has 1 aromatic carbocycles. The van der Waals surface area contributed by atoms with Crippen LogP contribution in [0.25, 0.3) is 10.9 Å². The lowest BCUT2D eigenvalue weighted by Crippen LogP contribution is -2.29. The minimum absolute atomic E-state index is 0.0590. The third-order valence-electron chi connectivity index (χ3n) is 4.16. The zero-order chi connectivity index (χ0) is 19.6. The van der Waals surface area contributed by atoms with Crippen LogP contribution in [0.3, 0.4) is 0 Å². The van der Waals surface area contributed by atoms with Crippen LogP contribution in [0.15, 0.2) is 28.2 Å². The van der Waals surface area contributed by atoms with Gasteiger partial charge in [0.15, 0.2) is 5.16 Å². The quantitative estimate of drug-likeness (QED) is 0.444. The number of carbonyl (C=O) groups excluding carboxylic acids is 2. The summed E-state index contributed by atoms with van der Waals surface area (Å²) < 4.78 is 6.35. The topological polar surface area (TPSA) is 90.3 Å². The first-order valence-corrected chi connectivity index (χ1v) is 9.92. The van der Waals surface area contributed by atoms with Crippen molar-refractivity contribution in [3.8, 4) is 0 Å². The van der Waals surface area contributed by atoms with Gasteiger partial charge in [-0.1, -0.05) is 25.6 Å². The fourth-order valence-corrected chi connectivity index (χ4v) is 3.53. The Bertz CT molecular complexity index is 934. The molecule has 0 aliphatic heterocycles. The Morgan fingerprint density at radius 3 is 2.74 bits per heavy atom. The van der Waals surface area contributed by atoms with E-state index in [1.54, 1.807) is 22.8 Å². The number of rotatable bonds is 7. The Morgan fingerprint density at radius 1 is 1.37 bits per heavy atom. The van der Waals surface area contributed by atoms with Crippen LogP contribution < -0.4 is 10.9 Å². The fraction of sp³-hybridized carbons (Fsp3) is 0.474. The number of ether oxygens (including phenoxy) is 1. The van der Waals surface area contributed by atoms with E-state index in [-0.39, 0.29) is 23.1 Å². The van der Waals surface area contributed by atoms with E-state index in [4.69, 9.17) is 4.74 Å². The van der Waals surface area contributed by atoms with E-state index < -0.39 is 5.97 Å². The lowest BCUT2D eigenvalue weighted by atomic mass is 10.1. The zero-order valence-corrected chi connectivity index (χ0v) is 16.5. The molecule has 1 heterocycles. The number of aromatic nitrogens is 2. The highest BCUT2D eigenvalue weighted by Gasteiger charge is 2.23. The summed E-state index contributed by atoms with van der Waals surface area (Å²) in [5.74, 6) is -0.0984. The van der Waals surface area contributed by atoms with Gasteiger partial charge >= 0.3 is 5.97 Å². The molecule has 1 aromatic heterocycles. The van der Waals surface area contributed by atoms with E-state index in [1.165, 1.54) is 18.9 Å². The van der Waals surface area contributed by atoms with Gasteiger partial charge < -0.3 is 10.1 Å². The molecule has 2 aromatic rings. The van der Waals surface area contributed by atoms with Gasteiger partial charge in [0.1, 0.15) is 0 Å². The van der Waals surface area contributed by atoms with Gasteiger partial charge in [-0.05, 0) is 37.0 Å². The molecular weight excluding hydrogens is 366 g/mol. The minimum atomic E-state index is -0.483. The number of nitrogens with one attached hydrogen (secondary N) is 1. The summed E-state index contributed by atoms with van der Waals surface area (Å²) in [6.45, 7) is 4.55. The molecule has 1 aliphatic rings. The predicted molar refractivity (Wildman–Crippen MR) is 104 cm³/mol. The lowest BCUT2D eigenvalue weighted by Gasteiger charge is -2.15. The molecule has 27 heavy (non-hydrogen) atoms. The Kier molecular flexibility index (Phi) is 5.84. The molecule has 7 nitrogen and oxygen atoms in total. The molecule has 1 fully saturated rings. The van der Waals surface area contributed by atoms with Crippen LogP contribution in [-0.4, -0.2) is 40.3 Å². The van der Waals surface area contributed by atoms with Crippen LogP contribution in [0.2, 0.25) is 0 Å². The molecule has 1 N–H and O–H groups in total. The average Bonchev–Trinajstić information content (AvgIpc) is 3.45. The lowest BCUT2D eigenvalue weighted by molar-refractivity contribution is -0.118. The van der Waals surface area contributed by atoms with Crippen LogP contribution >= 0.6 is 11.8 Å². The van der Waals surface area contributed by atoms with Gasteiger partial charge in [-0.25, -0.2) is 9.78 Å². The maximum Gasteiger partial charge on any atom is 0.337 e. The molecular formula is C19H23N3O4S. The number of hydrogen-bond donors (Lipinski definition) is 1. The van der Waals surface area contributed by atoms with Crippen LogP contribution in [0.4, 0.5) is 0 Å². The van der Waals surface area contributed by atoms with Crippen molar-refractivity contribution < 1.29 is 14.3 Å². The zero-order valence-electron chi connectivity index (χ0n) is 15.7. The minimum Gasteiger partial charge on any atom is -0.465 e. The Morgan fingerprint density at radius 2 is 2.11 bits per heavy atom. The van der Waals surface area contributed by atoms with Gasteiger partial charge in [-0.3, -0.25) is 14.2 Å². The van der Waals surface area contributed by atoms with Gasteiger partial charge in [0.2, 0.25) is 5.91 Å². The molecule has 1 saturated carbocycles. The third-order valence-corrected chi connectivity index (χ3v) is 5.14. The highest BCUT2D eigenvalue weighted by atomic mass is 32.2. The van der Waals surface area contributed by atoms with Crippen molar-refractivity contribution in [1.29, 1.82) is 0 Å². The smallest absolute Gasteiger partial charge is 0.337 e. The van der Waals surface area contributed by atoms with Crippen molar-refractivity contribution in [1.82, 2.24) is 14.9 Å². The molecule has 1 aliphatic carbocycles. The van der Waals surface area contributed by atoms with Gasteiger partial charge in [0, 0.05) is 12.6 Å². The number of nitrogens with zero attached hydrogens (tertiary/aromatic N) is 2. The number of benzene rings is 1. The second-order valence-corrected chi connectivity index (χ2v) is 8.00. The van der Waals surface area contributed by atoms with E-state index in [0.29, 0.717) is 34.2 Å². The predicted octanol–water partition coefficient (Wildman–Crippen LogP) is 2.21. The van der Waals surface area contributed by atoms with Crippen molar-refractivity contribution >= 4 is 34.5 Å². The number of fused-ring (bicyclic) bond motifs is 1. The maximum absolute atomic E-state index is 13.0. The highest BCUT2D eigenvalue weighted by molar-refractivity contribution is 7.99. The largest absolute Gasteiger partial charge is 0.465 e. The first-order chi connectivity index (χ1) is 12.9. The van der Waals surface area contributed by atoms with E-state index in [9.17, 15) is 14.4 Å². The molecule has 0 spiro atoms. The second kappa shape index (κ2) is 8.12. The summed E-state index contributed by atoms with van der Waals surface area (Å²) in [6.07, 6.45) is 2.05. The Balaban J connectivity index is 1.97. The normalized spacial score (nSPS) is 13.8. The number of amides is 1. The molecule has 8 heteroatoms. The molecule has 0 atom stereocenters. The average molecular weight is 389 g/mol. The summed E-state index contributed by atoms with van der Waals surface area (Å²) in [6, 6.07) is 5.01. The number of methoxy groups -OCH3 is 1. The number of thioether (sulfide) groups is 1. The fourth-order valence-electron chi connectivity index (χ4n) is 2.71. The monoisotopic (exact) mass is 389 g/mol. The first-order valence-electron chi connectivity index (χ1n) is 8.94. The summed E-state index contributed by atoms with van der Waals surface area (Å²) in [5.41, 5.74) is 0.587. The summed E-state index contributed by atoms with van der Waals surface area (Å²) in [5, 5.41) is 3.85. The van der Waals surface area contributed by atoms with Crippen LogP contribution in [0, 0.1) is 5.92 Å². The van der Waals surface area contributed by atoms with E-state index in [2.05, 4.69) is 10.3 Å². The number of esters is 1. The van der Waals surface area contributed by atoms with Crippen LogP contribution in [0.1, 0.15) is 37.0 Å². The van der Waals surface area contributed by atoms with E-state index in [0.717, 1.165) is 12.8 Å². The first kappa shape index (κ1) is 19.4. The van der Waals surface area contributed by atoms with E-state index >= 15 is 0 Å². The van der Waals surface area contributed by atoms with Crippen molar-refractivity contribution in [2.45, 2.75) is 44.4 Å². The summed E-state index contributed by atoms with van der Waals surface area (Å²) in [4.78, 5) is 41.3. The summed E-state index contributed by atoms with van der Waals surface area (Å²) in [7, 11) is 1.31. The molecule has 3 rings (SSSR count). The van der Waals surface area contributed by atoms with Crippen LogP contribution in [0.5, 0.6) is 0 Å². The highest BCUT2D eigenvalue weighted by Crippen LogP contribution is 2.22. The maximum atomic E-state index is 13.0.